The average molecular weight is 232 g/mol. The quantitative estimate of drug-likeness (QED) is 0.344. The van der Waals surface area contributed by atoms with Gasteiger partial charge in [0.1, 0.15) is 6.10 Å². The van der Waals surface area contributed by atoms with Gasteiger partial charge < -0.3 is 25.2 Å². The molecule has 0 fully saturated rings. The van der Waals surface area contributed by atoms with E-state index in [-0.39, 0.29) is 17.1 Å². The molecule has 7 heteroatoms. The van der Waals surface area contributed by atoms with Crippen LogP contribution in [0.25, 0.3) is 0 Å². The van der Waals surface area contributed by atoms with E-state index in [0.29, 0.717) is 0 Å². The van der Waals surface area contributed by atoms with E-state index in [4.69, 9.17) is 20.4 Å². The Hall–Kier alpha value is -0.751. The van der Waals surface area contributed by atoms with Crippen LogP contribution in [0.4, 0.5) is 0 Å². The van der Waals surface area contributed by atoms with E-state index in [9.17, 15) is 4.79 Å². The smallest absolute Gasteiger partial charge is 0.505 e. The Morgan fingerprint density at radius 3 is 2.31 bits per heavy atom. The number of ether oxygens (including phenoxy) is 1. The van der Waals surface area contributed by atoms with Gasteiger partial charge in [0, 0.05) is 0 Å². The van der Waals surface area contributed by atoms with Gasteiger partial charge in [0.25, 0.3) is 0 Å². The summed E-state index contributed by atoms with van der Waals surface area (Å²) in [6, 6.07) is 0. The first-order chi connectivity index (χ1) is 5.57. The van der Waals surface area contributed by atoms with Gasteiger partial charge in [0.05, 0.1) is 6.61 Å². The topological polar surface area (TPSA) is 107 Å². The molecular formula is C6H8FeO6+3. The Morgan fingerprint density at radius 2 is 2.00 bits per heavy atom. The standard InChI is InChI=1S/C6H8O6.Fe/c7-1-2(8)5-3(9)4(10)6(11)12-5;/h2,5,7-10H,1H2;/q;+3/t2-,5+;/m0./s1. The first kappa shape index (κ1) is 12.2. The third-order valence-corrected chi connectivity index (χ3v) is 1.48. The van der Waals surface area contributed by atoms with E-state index in [0.717, 1.165) is 0 Å². The summed E-state index contributed by atoms with van der Waals surface area (Å²) in [5, 5.41) is 35.0. The molecule has 13 heavy (non-hydrogen) atoms. The molecule has 1 rings (SSSR count). The van der Waals surface area contributed by atoms with Crippen molar-refractivity contribution >= 4 is 5.97 Å². The number of hydrogen-bond donors (Lipinski definition) is 4. The van der Waals surface area contributed by atoms with Gasteiger partial charge in [-0.2, -0.15) is 0 Å². The first-order valence-corrected chi connectivity index (χ1v) is 3.20. The van der Waals surface area contributed by atoms with Crippen molar-refractivity contribution in [2.24, 2.45) is 0 Å². The van der Waals surface area contributed by atoms with Crippen LogP contribution >= 0.6 is 0 Å². The molecule has 0 unspecified atom stereocenters. The minimum absolute atomic E-state index is 0. The van der Waals surface area contributed by atoms with Crippen molar-refractivity contribution in [1.82, 2.24) is 0 Å². The molecule has 0 aromatic rings. The molecule has 0 amide bonds. The van der Waals surface area contributed by atoms with Crippen LogP contribution in [0.5, 0.6) is 0 Å². The van der Waals surface area contributed by atoms with Crippen LogP contribution < -0.4 is 0 Å². The molecule has 0 spiro atoms. The van der Waals surface area contributed by atoms with Gasteiger partial charge in [0.15, 0.2) is 11.9 Å². The van der Waals surface area contributed by atoms with Gasteiger partial charge in [-0.05, 0) is 0 Å². The average Bonchev–Trinajstić information content (AvgIpc) is 2.32. The molecule has 73 valence electrons. The Bertz CT molecular complexity index is 237. The maximum absolute atomic E-state index is 10.5. The summed E-state index contributed by atoms with van der Waals surface area (Å²) >= 11 is 0. The largest absolute Gasteiger partial charge is 3.00 e. The van der Waals surface area contributed by atoms with Crippen LogP contribution in [-0.2, 0) is 26.6 Å². The van der Waals surface area contributed by atoms with Crippen molar-refractivity contribution < 1.29 is 47.0 Å². The number of rotatable bonds is 2. The molecule has 0 aromatic carbocycles. The fraction of sp³-hybridized carbons (Fsp3) is 0.500. The third kappa shape index (κ3) is 2.13. The zero-order valence-electron chi connectivity index (χ0n) is 6.32. The molecule has 2 atom stereocenters. The van der Waals surface area contributed by atoms with Crippen LogP contribution in [0, 0.1) is 0 Å². The number of carbonyl (C=O) groups excluding carboxylic acids is 1. The minimum Gasteiger partial charge on any atom is -0.505 e. The molecule has 1 aliphatic rings. The Balaban J connectivity index is 0.00000144. The summed E-state index contributed by atoms with van der Waals surface area (Å²) < 4.78 is 4.32. The number of esters is 1. The van der Waals surface area contributed by atoms with E-state index in [1.165, 1.54) is 0 Å². The zero-order valence-corrected chi connectivity index (χ0v) is 7.42. The number of aliphatic hydroxyl groups excluding tert-OH is 4. The molecule has 6 nitrogen and oxygen atoms in total. The molecule has 0 aliphatic carbocycles. The predicted molar refractivity (Wildman–Crippen MR) is 35.3 cm³/mol. The second-order valence-corrected chi connectivity index (χ2v) is 2.31. The van der Waals surface area contributed by atoms with Gasteiger partial charge in [-0.3, -0.25) is 0 Å². The van der Waals surface area contributed by atoms with E-state index in [2.05, 4.69) is 4.74 Å². The second-order valence-electron chi connectivity index (χ2n) is 2.31. The van der Waals surface area contributed by atoms with Crippen molar-refractivity contribution in [3.63, 3.8) is 0 Å². The maximum Gasteiger partial charge on any atom is 3.00 e. The summed E-state index contributed by atoms with van der Waals surface area (Å²) in [6.45, 7) is -0.671. The Kier molecular flexibility index (Phi) is 4.22. The van der Waals surface area contributed by atoms with E-state index < -0.39 is 36.3 Å². The van der Waals surface area contributed by atoms with Crippen molar-refractivity contribution in [3.05, 3.63) is 11.5 Å². The summed E-state index contributed by atoms with van der Waals surface area (Å²) in [7, 11) is 0. The van der Waals surface area contributed by atoms with Crippen LogP contribution in [0.2, 0.25) is 0 Å². The molecule has 4 N–H and O–H groups in total. The molecule has 0 saturated carbocycles. The number of aliphatic hydroxyl groups is 4. The van der Waals surface area contributed by atoms with Crippen LogP contribution in [0.1, 0.15) is 0 Å². The van der Waals surface area contributed by atoms with Crippen molar-refractivity contribution in [1.29, 1.82) is 0 Å². The number of cyclic esters (lactones) is 1. The second kappa shape index (κ2) is 4.48. The van der Waals surface area contributed by atoms with Gasteiger partial charge in [0.2, 0.25) is 5.76 Å². The Morgan fingerprint density at radius 1 is 1.46 bits per heavy atom. The van der Waals surface area contributed by atoms with Crippen LogP contribution in [0.3, 0.4) is 0 Å². The van der Waals surface area contributed by atoms with Gasteiger partial charge in [-0.25, -0.2) is 4.79 Å². The molecule has 1 heterocycles. The first-order valence-electron chi connectivity index (χ1n) is 3.20. The molecule has 0 aromatic heterocycles. The fourth-order valence-corrected chi connectivity index (χ4v) is 0.823. The van der Waals surface area contributed by atoms with Crippen molar-refractivity contribution in [2.75, 3.05) is 6.61 Å². The normalized spacial score (nSPS) is 23.8. The molecule has 1 aliphatic heterocycles. The van der Waals surface area contributed by atoms with Crippen LogP contribution in [0.15, 0.2) is 11.5 Å². The third-order valence-electron chi connectivity index (χ3n) is 1.48. The summed E-state index contributed by atoms with van der Waals surface area (Å²) in [6.07, 6.45) is -2.78. The van der Waals surface area contributed by atoms with Gasteiger partial charge in [-0.15, -0.1) is 0 Å². The summed E-state index contributed by atoms with van der Waals surface area (Å²) in [4.78, 5) is 10.5. The maximum atomic E-state index is 10.5. The van der Waals surface area contributed by atoms with Crippen molar-refractivity contribution in [3.8, 4) is 0 Å². The molecule has 0 saturated heterocycles. The zero-order chi connectivity index (χ0) is 9.30. The number of hydrogen-bond acceptors (Lipinski definition) is 6. The van der Waals surface area contributed by atoms with Crippen LogP contribution in [-0.4, -0.2) is 45.2 Å². The van der Waals surface area contributed by atoms with E-state index in [1.54, 1.807) is 0 Å². The van der Waals surface area contributed by atoms with E-state index >= 15 is 0 Å². The summed E-state index contributed by atoms with van der Waals surface area (Å²) in [5.74, 6) is -2.78. The van der Waals surface area contributed by atoms with Gasteiger partial charge >= 0.3 is 23.0 Å². The molecular weight excluding hydrogens is 224 g/mol. The monoisotopic (exact) mass is 232 g/mol. The predicted octanol–water partition coefficient (Wildman–Crippen LogP) is -1.41. The van der Waals surface area contributed by atoms with Gasteiger partial charge in [-0.1, -0.05) is 0 Å². The fourth-order valence-electron chi connectivity index (χ4n) is 0.823. The van der Waals surface area contributed by atoms with Crippen molar-refractivity contribution in [2.45, 2.75) is 12.2 Å². The van der Waals surface area contributed by atoms with E-state index in [1.807, 2.05) is 0 Å². The molecule has 0 bridgehead atoms. The Labute approximate surface area is 83.9 Å². The minimum atomic E-state index is -1.42. The molecule has 1 radical (unpaired) electrons. The number of carbonyl (C=O) groups is 1. The summed E-state index contributed by atoms with van der Waals surface area (Å²) in [5.41, 5.74) is 0. The SMILES string of the molecule is O=C1O[C@H]([C@@H](O)CO)C(O)=C1O.[Fe+3].